The number of benzene rings is 13. The van der Waals surface area contributed by atoms with Crippen LogP contribution in [0.15, 0.2) is 239 Å². The summed E-state index contributed by atoms with van der Waals surface area (Å²) in [6.45, 7) is 31.5. The van der Waals surface area contributed by atoms with Crippen LogP contribution in [0.1, 0.15) is 131 Å². The van der Waals surface area contributed by atoms with E-state index in [0.717, 1.165) is 193 Å². The van der Waals surface area contributed by atoms with Gasteiger partial charge in [0.25, 0.3) is 0 Å². The topological polar surface area (TPSA) is 85.3 Å². The standard InChI is InChI=1S/C93H78N2O6/c1-50(2)79-80-67-46-52-40-42-56(95(74-37-21-29-63-59-25-17-33-70(92(9,10)11)83(59)100-87(63)74)75-38-22-30-64-60-26-18-34-71(93(12,13)14)84(60)101-88(64)75)44-54(52)48-77(67)96-78(80)49-66-65-45-51-39-41-55(43-53(51)47-76(65)97-89(66)79)94(72-35-19-27-61-57-23-15-31-68(90(3,4)5)81(57)98-85(61)72)73-36-20-28-62-58-24-16-32-69(91(6,7)8)82(58)99-86(62)73/h15-50H,1-14H3. The number of hydrogen-bond donors (Lipinski definition) is 0. The van der Waals surface area contributed by atoms with Gasteiger partial charge in [0.15, 0.2) is 22.3 Å². The summed E-state index contributed by atoms with van der Waals surface area (Å²) in [5.74, 6) is 0.0884. The van der Waals surface area contributed by atoms with Crippen molar-refractivity contribution in [3.8, 4) is 0 Å². The van der Waals surface area contributed by atoms with Crippen LogP contribution in [0, 0.1) is 0 Å². The molecule has 0 bridgehead atoms. The zero-order valence-corrected chi connectivity index (χ0v) is 59.6. The number of nitrogens with zero attached hydrogens (tertiary/aromatic N) is 2. The Kier molecular flexibility index (Phi) is 12.8. The lowest BCUT2D eigenvalue weighted by Crippen LogP contribution is -2.11. The molecule has 0 aliphatic rings. The fraction of sp³-hybridized carbons (Fsp3) is 0.204. The fourth-order valence-corrected chi connectivity index (χ4v) is 16.6. The van der Waals surface area contributed by atoms with Gasteiger partial charge in [-0.2, -0.15) is 0 Å². The summed E-state index contributed by atoms with van der Waals surface area (Å²) in [6.07, 6.45) is 0. The second kappa shape index (κ2) is 21.2. The first kappa shape index (κ1) is 60.9. The van der Waals surface area contributed by atoms with E-state index in [2.05, 4.69) is 319 Å². The lowest BCUT2D eigenvalue weighted by Gasteiger charge is -2.26. The summed E-state index contributed by atoms with van der Waals surface area (Å²) >= 11 is 0. The molecule has 6 heterocycles. The third-order valence-electron chi connectivity index (χ3n) is 21.4. The van der Waals surface area contributed by atoms with Crippen LogP contribution in [0.4, 0.5) is 34.1 Å². The Bertz CT molecular complexity index is 6190. The minimum atomic E-state index is -0.142. The van der Waals surface area contributed by atoms with Crippen LogP contribution in [0.2, 0.25) is 0 Å². The molecule has 0 fully saturated rings. The molecule has 8 heteroatoms. The maximum absolute atomic E-state index is 7.26. The fourth-order valence-electron chi connectivity index (χ4n) is 16.6. The SMILES string of the molecule is CC(C)c1c2oc3cc4cc(N(c5cccc6c5oc5c(C(C)(C)C)cccc56)c5cccc6c5oc5c(C(C)(C)C)cccc56)ccc4cc3c2cc2oc3cc4cc(N(c5cccc6c5oc5c(C(C)(C)C)cccc56)c5cccc6c5oc5c(C(C)(C)C)cccc56)ccc4cc3c12. The van der Waals surface area contributed by atoms with Gasteiger partial charge < -0.3 is 36.3 Å². The second-order valence-electron chi connectivity index (χ2n) is 32.6. The predicted octanol–water partition coefficient (Wildman–Crippen LogP) is 28.6. The number of fused-ring (bicyclic) bond motifs is 20. The average Bonchev–Trinajstić information content (AvgIpc) is 1.59. The molecule has 0 aliphatic heterocycles. The molecule has 0 saturated heterocycles. The van der Waals surface area contributed by atoms with E-state index in [1.165, 1.54) is 22.3 Å². The van der Waals surface area contributed by atoms with Crippen molar-refractivity contribution in [2.45, 2.75) is 125 Å². The van der Waals surface area contributed by atoms with Crippen molar-refractivity contribution < 1.29 is 26.5 Å². The maximum Gasteiger partial charge on any atom is 0.159 e. The van der Waals surface area contributed by atoms with Gasteiger partial charge >= 0.3 is 0 Å². The first-order valence-corrected chi connectivity index (χ1v) is 35.5. The Hall–Kier alpha value is -11.2. The van der Waals surface area contributed by atoms with Crippen molar-refractivity contribution in [2.75, 3.05) is 9.80 Å². The zero-order valence-electron chi connectivity index (χ0n) is 59.6. The third kappa shape index (κ3) is 9.12. The van der Waals surface area contributed by atoms with E-state index in [9.17, 15) is 0 Å². The summed E-state index contributed by atoms with van der Waals surface area (Å²) in [5, 5.41) is 17.0. The first-order chi connectivity index (χ1) is 48.4. The van der Waals surface area contributed by atoms with Gasteiger partial charge in [0.2, 0.25) is 0 Å². The van der Waals surface area contributed by atoms with Crippen molar-refractivity contribution in [1.29, 1.82) is 0 Å². The molecule has 6 aromatic heterocycles. The molecular formula is C93H78N2O6. The van der Waals surface area contributed by atoms with Crippen molar-refractivity contribution in [3.63, 3.8) is 0 Å². The van der Waals surface area contributed by atoms with Crippen LogP contribution in [-0.4, -0.2) is 0 Å². The second-order valence-corrected chi connectivity index (χ2v) is 32.6. The summed E-state index contributed by atoms with van der Waals surface area (Å²) in [7, 11) is 0. The van der Waals surface area contributed by atoms with Crippen LogP contribution >= 0.6 is 0 Å². The van der Waals surface area contributed by atoms with Gasteiger partial charge in [-0.3, -0.25) is 0 Å². The third-order valence-corrected chi connectivity index (χ3v) is 21.4. The maximum atomic E-state index is 7.26. The summed E-state index contributed by atoms with van der Waals surface area (Å²) in [6, 6.07) is 77.0. The number of furan rings is 6. The molecule has 8 nitrogen and oxygen atoms in total. The summed E-state index contributed by atoms with van der Waals surface area (Å²) in [4.78, 5) is 4.66. The highest BCUT2D eigenvalue weighted by Gasteiger charge is 2.32. The lowest BCUT2D eigenvalue weighted by atomic mass is 9.86. The molecular weight excluding hydrogens is 1240 g/mol. The highest BCUT2D eigenvalue weighted by atomic mass is 16.4. The van der Waals surface area contributed by atoms with Crippen LogP contribution < -0.4 is 9.80 Å². The highest BCUT2D eigenvalue weighted by Crippen LogP contribution is 2.53. The molecule has 19 aromatic rings. The Morgan fingerprint density at radius 3 is 0.901 bits per heavy atom. The van der Waals surface area contributed by atoms with Gasteiger partial charge in [-0.05, 0) is 128 Å². The van der Waals surface area contributed by atoms with Gasteiger partial charge in [0.05, 0.1) is 22.7 Å². The number of anilines is 6. The highest BCUT2D eigenvalue weighted by molar-refractivity contribution is 6.22. The van der Waals surface area contributed by atoms with Gasteiger partial charge in [0, 0.05) is 104 Å². The van der Waals surface area contributed by atoms with Gasteiger partial charge in [0.1, 0.15) is 44.7 Å². The molecule has 13 aromatic carbocycles. The van der Waals surface area contributed by atoms with Crippen LogP contribution in [0.5, 0.6) is 0 Å². The van der Waals surface area contributed by atoms with E-state index in [1.807, 2.05) is 0 Å². The van der Waals surface area contributed by atoms with Crippen molar-refractivity contribution in [2.24, 2.45) is 0 Å². The number of hydrogen-bond acceptors (Lipinski definition) is 8. The Morgan fingerprint density at radius 1 is 0.248 bits per heavy atom. The van der Waals surface area contributed by atoms with Crippen LogP contribution in [-0.2, 0) is 21.7 Å². The Balaban J connectivity index is 0.773. The summed E-state index contributed by atoms with van der Waals surface area (Å²) in [5.41, 5.74) is 20.9. The molecule has 101 heavy (non-hydrogen) atoms. The molecule has 19 rings (SSSR count). The van der Waals surface area contributed by atoms with Crippen LogP contribution in [0.3, 0.4) is 0 Å². The molecule has 0 radical (unpaired) electrons. The largest absolute Gasteiger partial charge is 0.456 e. The molecule has 0 saturated carbocycles. The normalized spacial score (nSPS) is 13.1. The Labute approximate surface area is 584 Å². The summed E-state index contributed by atoms with van der Waals surface area (Å²) < 4.78 is 43.2. The van der Waals surface area contributed by atoms with Gasteiger partial charge in [-0.25, -0.2) is 0 Å². The predicted molar refractivity (Wildman–Crippen MR) is 423 cm³/mol. The van der Waals surface area contributed by atoms with E-state index in [4.69, 9.17) is 26.5 Å². The minimum absolute atomic E-state index is 0.0884. The number of para-hydroxylation sites is 8. The van der Waals surface area contributed by atoms with Crippen LogP contribution in [0.25, 0.3) is 153 Å². The van der Waals surface area contributed by atoms with Crippen molar-refractivity contribution in [3.05, 3.63) is 240 Å². The van der Waals surface area contributed by atoms with E-state index < -0.39 is 0 Å². The molecule has 0 unspecified atom stereocenters. The molecule has 0 spiro atoms. The first-order valence-electron chi connectivity index (χ1n) is 35.5. The van der Waals surface area contributed by atoms with Crippen molar-refractivity contribution >= 4 is 187 Å². The molecule has 496 valence electrons. The minimum Gasteiger partial charge on any atom is -0.456 e. The lowest BCUT2D eigenvalue weighted by molar-refractivity contribution is 0.572. The smallest absolute Gasteiger partial charge is 0.159 e. The average molecular weight is 1320 g/mol. The Morgan fingerprint density at radius 2 is 0.564 bits per heavy atom. The number of rotatable bonds is 7. The van der Waals surface area contributed by atoms with E-state index >= 15 is 0 Å². The van der Waals surface area contributed by atoms with Gasteiger partial charge in [-0.1, -0.05) is 230 Å². The molecule has 0 amide bonds. The van der Waals surface area contributed by atoms with E-state index in [0.29, 0.717) is 0 Å². The quantitative estimate of drug-likeness (QED) is 0.156. The molecule has 0 N–H and O–H groups in total. The molecule has 0 atom stereocenters. The zero-order chi connectivity index (χ0) is 69.2. The molecule has 0 aliphatic carbocycles. The van der Waals surface area contributed by atoms with E-state index in [1.54, 1.807) is 0 Å². The van der Waals surface area contributed by atoms with Crippen molar-refractivity contribution in [1.82, 2.24) is 0 Å². The monoisotopic (exact) mass is 1320 g/mol. The van der Waals surface area contributed by atoms with E-state index in [-0.39, 0.29) is 27.6 Å². The van der Waals surface area contributed by atoms with Gasteiger partial charge in [-0.15, -0.1) is 0 Å².